The fourth-order valence-corrected chi connectivity index (χ4v) is 1.47. The Balaban J connectivity index is 2.83. The van der Waals surface area contributed by atoms with Crippen molar-refractivity contribution in [1.29, 1.82) is 10.5 Å². The van der Waals surface area contributed by atoms with Crippen LogP contribution >= 0.6 is 0 Å². The van der Waals surface area contributed by atoms with Crippen LogP contribution in [0.5, 0.6) is 0 Å². The summed E-state index contributed by atoms with van der Waals surface area (Å²) in [7, 11) is 0. The van der Waals surface area contributed by atoms with Crippen LogP contribution in [0.3, 0.4) is 0 Å². The molecule has 20 heavy (non-hydrogen) atoms. The van der Waals surface area contributed by atoms with E-state index in [1.54, 1.807) is 24.3 Å². The summed E-state index contributed by atoms with van der Waals surface area (Å²) in [4.78, 5) is 13.2. The molecule has 0 spiro atoms. The van der Waals surface area contributed by atoms with Gasteiger partial charge in [-0.1, -0.05) is 11.8 Å². The van der Waals surface area contributed by atoms with E-state index in [4.69, 9.17) is 15.6 Å². The number of nitrogens with zero attached hydrogens (tertiary/aromatic N) is 3. The first kappa shape index (κ1) is 15.2. The van der Waals surface area contributed by atoms with Crippen LogP contribution in [0.2, 0.25) is 0 Å². The molecular weight excluding hydrogens is 254 g/mol. The SMILES string of the molecule is N#CCN(CC#N)C(=O)c1ccc(C#CCCO)cc1. The van der Waals surface area contributed by atoms with Gasteiger partial charge in [0.1, 0.15) is 13.1 Å². The minimum Gasteiger partial charge on any atom is -0.395 e. The molecule has 0 saturated heterocycles. The molecule has 0 saturated carbocycles. The lowest BCUT2D eigenvalue weighted by atomic mass is 10.1. The highest BCUT2D eigenvalue weighted by atomic mass is 16.2. The van der Waals surface area contributed by atoms with Gasteiger partial charge in [0.05, 0.1) is 18.7 Å². The van der Waals surface area contributed by atoms with E-state index >= 15 is 0 Å². The van der Waals surface area contributed by atoms with E-state index in [2.05, 4.69) is 11.8 Å². The van der Waals surface area contributed by atoms with Crippen molar-refractivity contribution >= 4 is 5.91 Å². The van der Waals surface area contributed by atoms with Gasteiger partial charge >= 0.3 is 0 Å². The predicted octanol–water partition coefficient (Wildman–Crippen LogP) is 0.910. The summed E-state index contributed by atoms with van der Waals surface area (Å²) in [5.74, 6) is 5.28. The zero-order chi connectivity index (χ0) is 14.8. The number of nitriles is 2. The van der Waals surface area contributed by atoms with Crippen molar-refractivity contribution in [3.05, 3.63) is 35.4 Å². The molecule has 0 unspecified atom stereocenters. The predicted molar refractivity (Wildman–Crippen MR) is 72.2 cm³/mol. The normalized spacial score (nSPS) is 8.75. The average molecular weight is 267 g/mol. The second-order valence-corrected chi connectivity index (χ2v) is 3.83. The first-order chi connectivity index (χ1) is 9.72. The number of benzene rings is 1. The number of aliphatic hydroxyl groups is 1. The van der Waals surface area contributed by atoms with Gasteiger partial charge in [0.15, 0.2) is 0 Å². The van der Waals surface area contributed by atoms with Crippen molar-refractivity contribution in [2.45, 2.75) is 6.42 Å². The van der Waals surface area contributed by atoms with Crippen LogP contribution in [0.25, 0.3) is 0 Å². The van der Waals surface area contributed by atoms with E-state index in [1.165, 1.54) is 4.90 Å². The lowest BCUT2D eigenvalue weighted by molar-refractivity contribution is 0.0794. The van der Waals surface area contributed by atoms with Crippen molar-refractivity contribution in [2.24, 2.45) is 0 Å². The molecule has 1 rings (SSSR count). The minimum absolute atomic E-state index is 0.0147. The minimum atomic E-state index is -0.358. The van der Waals surface area contributed by atoms with Gasteiger partial charge in [-0.15, -0.1) is 0 Å². The number of rotatable bonds is 4. The molecule has 1 amide bonds. The van der Waals surface area contributed by atoms with Gasteiger partial charge in [0.25, 0.3) is 5.91 Å². The zero-order valence-corrected chi connectivity index (χ0v) is 10.8. The molecule has 1 aromatic rings. The van der Waals surface area contributed by atoms with Gasteiger partial charge in [-0.05, 0) is 24.3 Å². The van der Waals surface area contributed by atoms with Gasteiger partial charge in [-0.3, -0.25) is 4.79 Å². The number of hydrogen-bond acceptors (Lipinski definition) is 4. The number of carbonyl (C=O) groups is 1. The van der Waals surface area contributed by atoms with E-state index < -0.39 is 0 Å². The smallest absolute Gasteiger partial charge is 0.255 e. The summed E-state index contributed by atoms with van der Waals surface area (Å²) >= 11 is 0. The third-order valence-electron chi connectivity index (χ3n) is 2.41. The zero-order valence-electron chi connectivity index (χ0n) is 10.8. The van der Waals surface area contributed by atoms with Crippen molar-refractivity contribution in [1.82, 2.24) is 4.90 Å². The Bertz CT molecular complexity index is 581. The maximum atomic E-state index is 12.1. The van der Waals surface area contributed by atoms with Gasteiger partial charge in [-0.25, -0.2) is 0 Å². The lowest BCUT2D eigenvalue weighted by Gasteiger charge is -2.15. The second-order valence-electron chi connectivity index (χ2n) is 3.83. The van der Waals surface area contributed by atoms with Crippen LogP contribution in [0.15, 0.2) is 24.3 Å². The Labute approximate surface area is 117 Å². The third kappa shape index (κ3) is 4.46. The Morgan fingerprint density at radius 2 is 1.75 bits per heavy atom. The van der Waals surface area contributed by atoms with Crippen LogP contribution in [0.1, 0.15) is 22.3 Å². The molecule has 0 bridgehead atoms. The Kier molecular flexibility index (Phi) is 6.34. The summed E-state index contributed by atoms with van der Waals surface area (Å²) in [5.41, 5.74) is 1.14. The van der Waals surface area contributed by atoms with E-state index in [0.717, 1.165) is 5.56 Å². The van der Waals surface area contributed by atoms with E-state index in [0.29, 0.717) is 12.0 Å². The highest BCUT2D eigenvalue weighted by molar-refractivity contribution is 5.94. The van der Waals surface area contributed by atoms with E-state index in [1.807, 2.05) is 12.1 Å². The van der Waals surface area contributed by atoms with Crippen molar-refractivity contribution in [3.8, 4) is 24.0 Å². The molecule has 0 atom stereocenters. The summed E-state index contributed by atoms with van der Waals surface area (Å²) in [6.07, 6.45) is 0.402. The van der Waals surface area contributed by atoms with Gasteiger partial charge in [0, 0.05) is 17.5 Å². The highest BCUT2D eigenvalue weighted by Gasteiger charge is 2.14. The monoisotopic (exact) mass is 267 g/mol. The molecule has 5 nitrogen and oxygen atoms in total. The van der Waals surface area contributed by atoms with Crippen LogP contribution in [0.4, 0.5) is 0 Å². The largest absolute Gasteiger partial charge is 0.395 e. The first-order valence-corrected chi connectivity index (χ1v) is 5.96. The Morgan fingerprint density at radius 3 is 2.25 bits per heavy atom. The lowest BCUT2D eigenvalue weighted by Crippen LogP contribution is -2.31. The highest BCUT2D eigenvalue weighted by Crippen LogP contribution is 2.07. The fraction of sp³-hybridized carbons (Fsp3) is 0.267. The van der Waals surface area contributed by atoms with E-state index in [-0.39, 0.29) is 25.6 Å². The number of hydrogen-bond donors (Lipinski definition) is 1. The molecule has 1 aromatic carbocycles. The molecule has 1 N–H and O–H groups in total. The second kappa shape index (κ2) is 8.32. The van der Waals surface area contributed by atoms with E-state index in [9.17, 15) is 4.79 Å². The quantitative estimate of drug-likeness (QED) is 0.648. The standard InChI is InChI=1S/C15H13N3O2/c16-8-10-18(11-9-17)15(20)14-6-4-13(5-7-14)3-1-2-12-19/h4-7,19H,2,10-12H2. The van der Waals surface area contributed by atoms with Crippen molar-refractivity contribution < 1.29 is 9.90 Å². The van der Waals surface area contributed by atoms with Crippen LogP contribution < -0.4 is 0 Å². The fourth-order valence-electron chi connectivity index (χ4n) is 1.47. The van der Waals surface area contributed by atoms with Gasteiger partial charge in [0.2, 0.25) is 0 Å². The molecule has 100 valence electrons. The molecule has 0 aromatic heterocycles. The maximum absolute atomic E-state index is 12.1. The van der Waals surface area contributed by atoms with Gasteiger partial charge < -0.3 is 10.0 Å². The Morgan fingerprint density at radius 1 is 1.15 bits per heavy atom. The molecular formula is C15H13N3O2. The molecule has 0 aliphatic heterocycles. The number of amides is 1. The van der Waals surface area contributed by atoms with Crippen LogP contribution in [0, 0.1) is 34.5 Å². The molecule has 0 aliphatic rings. The molecule has 0 aliphatic carbocycles. The third-order valence-corrected chi connectivity index (χ3v) is 2.41. The summed E-state index contributed by atoms with van der Waals surface area (Å²) in [6.45, 7) is -0.226. The number of aliphatic hydroxyl groups excluding tert-OH is 1. The molecule has 0 fully saturated rings. The summed E-state index contributed by atoms with van der Waals surface area (Å²) in [5, 5.41) is 25.9. The van der Waals surface area contributed by atoms with Crippen LogP contribution in [-0.2, 0) is 0 Å². The Hall–Kier alpha value is -2.81. The summed E-state index contributed by atoms with van der Waals surface area (Å²) in [6, 6.07) is 10.3. The topological polar surface area (TPSA) is 88.1 Å². The number of carbonyl (C=O) groups excluding carboxylic acids is 1. The van der Waals surface area contributed by atoms with Crippen molar-refractivity contribution in [2.75, 3.05) is 19.7 Å². The first-order valence-electron chi connectivity index (χ1n) is 5.96. The van der Waals surface area contributed by atoms with Crippen molar-refractivity contribution in [3.63, 3.8) is 0 Å². The molecule has 0 radical (unpaired) electrons. The van der Waals surface area contributed by atoms with Gasteiger partial charge in [-0.2, -0.15) is 10.5 Å². The molecule has 5 heteroatoms. The van der Waals surface area contributed by atoms with Crippen LogP contribution in [-0.4, -0.2) is 35.6 Å². The molecule has 0 heterocycles. The summed E-state index contributed by atoms with van der Waals surface area (Å²) < 4.78 is 0. The maximum Gasteiger partial charge on any atom is 0.255 e. The average Bonchev–Trinajstić information content (AvgIpc) is 2.47.